The summed E-state index contributed by atoms with van der Waals surface area (Å²) in [7, 11) is 0. The maximum absolute atomic E-state index is 14.2. The molecule has 1 aliphatic carbocycles. The Morgan fingerprint density at radius 3 is 2.61 bits per heavy atom. The first-order chi connectivity index (χ1) is 14.4. The maximum atomic E-state index is 14.2. The average Bonchev–Trinajstić information content (AvgIpc) is 2.67. The number of aromatic nitrogens is 1. The Hall–Kier alpha value is -2.58. The fourth-order valence-corrected chi connectivity index (χ4v) is 4.57. The van der Waals surface area contributed by atoms with Gasteiger partial charge in [-0.1, -0.05) is 24.6 Å². The Kier molecular flexibility index (Phi) is 5.05. The third-order valence-corrected chi connectivity index (χ3v) is 6.10. The van der Waals surface area contributed by atoms with E-state index < -0.39 is 46.7 Å². The normalized spacial score (nSPS) is 23.6. The number of pyridine rings is 1. The Morgan fingerprint density at radius 1 is 1.23 bits per heavy atom. The molecule has 3 atom stereocenters. The van der Waals surface area contributed by atoms with Crippen molar-refractivity contribution in [1.29, 1.82) is 0 Å². The van der Waals surface area contributed by atoms with Crippen LogP contribution in [0.2, 0.25) is 5.02 Å². The van der Waals surface area contributed by atoms with E-state index in [-0.39, 0.29) is 11.1 Å². The van der Waals surface area contributed by atoms with Gasteiger partial charge in [0.1, 0.15) is 0 Å². The first-order valence-electron chi connectivity index (χ1n) is 9.57. The number of phenols is 1. The topological polar surface area (TPSA) is 65.4 Å². The van der Waals surface area contributed by atoms with Crippen LogP contribution >= 0.6 is 11.6 Å². The number of nitrogens with one attached hydrogen (secondary N) is 1. The highest BCUT2D eigenvalue weighted by Gasteiger charge is 2.62. The van der Waals surface area contributed by atoms with E-state index >= 15 is 0 Å². The molecular formula is C22H19ClF4N2O2. The number of rotatable bonds is 2. The lowest BCUT2D eigenvalue weighted by Gasteiger charge is -2.45. The minimum atomic E-state index is -5.01. The molecular weight excluding hydrogens is 436 g/mol. The first kappa shape index (κ1) is 21.6. The van der Waals surface area contributed by atoms with Crippen molar-refractivity contribution < 1.29 is 27.8 Å². The van der Waals surface area contributed by atoms with Crippen molar-refractivity contribution >= 4 is 28.2 Å². The summed E-state index contributed by atoms with van der Waals surface area (Å²) in [5, 5.41) is 24.0. The lowest BCUT2D eigenvalue weighted by Crippen LogP contribution is -2.55. The highest BCUT2D eigenvalue weighted by Crippen LogP contribution is 2.55. The molecule has 31 heavy (non-hydrogen) atoms. The van der Waals surface area contributed by atoms with Crippen molar-refractivity contribution in [2.75, 3.05) is 5.32 Å². The van der Waals surface area contributed by atoms with Gasteiger partial charge in [-0.05, 0) is 55.2 Å². The van der Waals surface area contributed by atoms with Gasteiger partial charge in [0.25, 0.3) is 0 Å². The van der Waals surface area contributed by atoms with Gasteiger partial charge < -0.3 is 15.5 Å². The quantitative estimate of drug-likeness (QED) is 0.416. The van der Waals surface area contributed by atoms with Crippen LogP contribution in [0.3, 0.4) is 0 Å². The Labute approximate surface area is 180 Å². The maximum Gasteiger partial charge on any atom is 0.419 e. The summed E-state index contributed by atoms with van der Waals surface area (Å²) in [5.74, 6) is -2.88. The molecule has 4 nitrogen and oxygen atoms in total. The van der Waals surface area contributed by atoms with Crippen molar-refractivity contribution in [2.24, 2.45) is 0 Å². The van der Waals surface area contributed by atoms with Crippen molar-refractivity contribution in [3.8, 4) is 5.75 Å². The number of aryl methyl sites for hydroxylation is 1. The zero-order valence-corrected chi connectivity index (χ0v) is 17.3. The largest absolute Gasteiger partial charge is 0.505 e. The van der Waals surface area contributed by atoms with E-state index in [9.17, 15) is 27.8 Å². The number of alkyl halides is 3. The van der Waals surface area contributed by atoms with Gasteiger partial charge in [0.05, 0.1) is 16.6 Å². The zero-order valence-electron chi connectivity index (χ0n) is 16.6. The minimum absolute atomic E-state index is 0.0115. The van der Waals surface area contributed by atoms with Gasteiger partial charge in [0, 0.05) is 22.3 Å². The van der Waals surface area contributed by atoms with Gasteiger partial charge in [0.15, 0.2) is 17.2 Å². The van der Waals surface area contributed by atoms with Crippen molar-refractivity contribution in [1.82, 2.24) is 4.98 Å². The summed E-state index contributed by atoms with van der Waals surface area (Å²) in [5.41, 5.74) is -1.71. The molecule has 9 heteroatoms. The molecule has 3 aromatic rings. The molecule has 1 aliphatic rings. The third-order valence-electron chi connectivity index (χ3n) is 5.83. The van der Waals surface area contributed by atoms with Gasteiger partial charge in [0.2, 0.25) is 0 Å². The molecule has 0 bridgehead atoms. The molecule has 0 fully saturated rings. The van der Waals surface area contributed by atoms with E-state index in [1.165, 1.54) is 6.92 Å². The number of nitrogens with zero attached hydrogens (tertiary/aromatic N) is 1. The van der Waals surface area contributed by atoms with Gasteiger partial charge in [-0.2, -0.15) is 13.2 Å². The van der Waals surface area contributed by atoms with Crippen LogP contribution in [0.5, 0.6) is 5.75 Å². The van der Waals surface area contributed by atoms with Crippen LogP contribution in [0.25, 0.3) is 10.9 Å². The number of fused-ring (bicyclic) bond motifs is 2. The lowest BCUT2D eigenvalue weighted by atomic mass is 9.70. The molecule has 2 aromatic carbocycles. The van der Waals surface area contributed by atoms with E-state index in [1.807, 2.05) is 0 Å². The van der Waals surface area contributed by atoms with Crippen LogP contribution in [0, 0.1) is 12.7 Å². The summed E-state index contributed by atoms with van der Waals surface area (Å²) in [6.45, 7) is 3.18. The molecule has 4 rings (SSSR count). The van der Waals surface area contributed by atoms with E-state index in [2.05, 4.69) is 10.3 Å². The number of hydrogen-bond acceptors (Lipinski definition) is 4. The Balaban J connectivity index is 1.95. The SMILES string of the molecule is Cc1ccc2c(NC3c4cc(Cl)c(F)c(O)c4[C@H](C)C[C@]3(O)C(F)(F)F)cccc2n1. The van der Waals surface area contributed by atoms with Crippen LogP contribution < -0.4 is 5.32 Å². The molecule has 0 amide bonds. The van der Waals surface area contributed by atoms with Crippen molar-refractivity contribution in [3.63, 3.8) is 0 Å². The first-order valence-corrected chi connectivity index (χ1v) is 9.94. The van der Waals surface area contributed by atoms with Crippen LogP contribution in [0.4, 0.5) is 23.2 Å². The molecule has 1 unspecified atom stereocenters. The second-order valence-electron chi connectivity index (χ2n) is 7.95. The second-order valence-corrected chi connectivity index (χ2v) is 8.36. The smallest absolute Gasteiger partial charge is 0.419 e. The van der Waals surface area contributed by atoms with Crippen LogP contribution in [-0.4, -0.2) is 27.0 Å². The molecule has 0 radical (unpaired) electrons. The number of aliphatic hydroxyl groups is 1. The second kappa shape index (κ2) is 7.24. The van der Waals surface area contributed by atoms with E-state index in [1.54, 1.807) is 37.3 Å². The van der Waals surface area contributed by atoms with Crippen LogP contribution in [-0.2, 0) is 0 Å². The van der Waals surface area contributed by atoms with Gasteiger partial charge in [-0.25, -0.2) is 4.39 Å². The van der Waals surface area contributed by atoms with E-state index in [0.29, 0.717) is 16.6 Å². The average molecular weight is 455 g/mol. The van der Waals surface area contributed by atoms with Crippen LogP contribution in [0.15, 0.2) is 36.4 Å². The molecule has 1 aromatic heterocycles. The minimum Gasteiger partial charge on any atom is -0.505 e. The molecule has 1 heterocycles. The highest BCUT2D eigenvalue weighted by atomic mass is 35.5. The van der Waals surface area contributed by atoms with Gasteiger partial charge in [-0.15, -0.1) is 0 Å². The number of hydrogen-bond donors (Lipinski definition) is 3. The monoisotopic (exact) mass is 454 g/mol. The van der Waals surface area contributed by atoms with Gasteiger partial charge >= 0.3 is 6.18 Å². The number of phenolic OH excluding ortho intramolecular Hbond substituents is 1. The van der Waals surface area contributed by atoms with E-state index in [4.69, 9.17) is 11.6 Å². The molecule has 0 spiro atoms. The highest BCUT2D eigenvalue weighted by molar-refractivity contribution is 6.31. The number of halogens is 5. The fourth-order valence-electron chi connectivity index (χ4n) is 4.36. The molecule has 164 valence electrons. The Bertz CT molecular complexity index is 1180. The third kappa shape index (κ3) is 3.38. The summed E-state index contributed by atoms with van der Waals surface area (Å²) in [6, 6.07) is 7.65. The summed E-state index contributed by atoms with van der Waals surface area (Å²) in [4.78, 5) is 4.38. The van der Waals surface area contributed by atoms with Gasteiger partial charge in [-0.3, -0.25) is 4.98 Å². The number of aromatic hydroxyl groups is 1. The summed E-state index contributed by atoms with van der Waals surface area (Å²) in [6.07, 6.45) is -5.77. The Morgan fingerprint density at radius 2 is 1.94 bits per heavy atom. The number of anilines is 1. The van der Waals surface area contributed by atoms with Crippen LogP contribution in [0.1, 0.15) is 42.1 Å². The molecule has 0 saturated heterocycles. The van der Waals surface area contributed by atoms with E-state index in [0.717, 1.165) is 11.8 Å². The fraction of sp³-hybridized carbons (Fsp3) is 0.318. The number of benzene rings is 2. The summed E-state index contributed by atoms with van der Waals surface area (Å²) < 4.78 is 56.6. The van der Waals surface area contributed by atoms with Crippen molar-refractivity contribution in [3.05, 3.63) is 64.1 Å². The molecule has 0 aliphatic heterocycles. The summed E-state index contributed by atoms with van der Waals surface area (Å²) >= 11 is 5.85. The molecule has 3 N–H and O–H groups in total. The predicted octanol–water partition coefficient (Wildman–Crippen LogP) is 6.00. The zero-order chi connectivity index (χ0) is 22.7. The predicted molar refractivity (Wildman–Crippen MR) is 110 cm³/mol. The lowest BCUT2D eigenvalue weighted by molar-refractivity contribution is -0.272. The standard InChI is InChI=1S/C22H19ClF4N2O2/c1-10-9-21(31,22(25,26)27)20(13-8-14(23)18(24)19(30)17(10)13)29-16-5-3-4-15-12(16)7-6-11(2)28-15/h3-8,10,20,29-31H,9H2,1-2H3/t10-,20?,21-/m1/s1. The molecule has 0 saturated carbocycles. The van der Waals surface area contributed by atoms with Crippen molar-refractivity contribution in [2.45, 2.75) is 44.0 Å².